The number of benzene rings is 1. The van der Waals surface area contributed by atoms with Crippen LogP contribution >= 0.6 is 0 Å². The molecule has 5 nitrogen and oxygen atoms in total. The molecule has 0 radical (unpaired) electrons. The van der Waals surface area contributed by atoms with Crippen molar-refractivity contribution in [2.75, 3.05) is 26.2 Å². The normalized spacial score (nSPS) is 16.9. The van der Waals surface area contributed by atoms with E-state index in [2.05, 4.69) is 15.6 Å². The van der Waals surface area contributed by atoms with E-state index in [0.717, 1.165) is 32.6 Å². The van der Waals surface area contributed by atoms with Crippen LogP contribution in [-0.2, 0) is 6.54 Å². The molecule has 0 atom stereocenters. The minimum atomic E-state index is -0.404. The third-order valence-electron chi connectivity index (χ3n) is 3.27. The van der Waals surface area contributed by atoms with E-state index in [-0.39, 0.29) is 5.82 Å². The number of carbonyl (C=O) groups excluding carboxylic acids is 1. The molecule has 6 heteroatoms. The number of rotatable bonds is 3. The van der Waals surface area contributed by atoms with Crippen LogP contribution in [0.15, 0.2) is 18.2 Å². The van der Waals surface area contributed by atoms with E-state index in [1.54, 1.807) is 6.07 Å². The van der Waals surface area contributed by atoms with Crippen LogP contribution in [0.1, 0.15) is 22.3 Å². The molecule has 0 saturated carbocycles. The van der Waals surface area contributed by atoms with Crippen LogP contribution in [0.3, 0.4) is 0 Å². The lowest BCUT2D eigenvalue weighted by Crippen LogP contribution is -2.31. The zero-order valence-electron chi connectivity index (χ0n) is 10.8. The standard InChI is InChI=1S/C13H19FN4O/c14-12-3-2-10(13(19)17-15)8-11(12)9-18-6-1-4-16-5-7-18/h2-3,8,16H,1,4-7,9,15H2,(H,17,19). The van der Waals surface area contributed by atoms with Crippen molar-refractivity contribution in [2.45, 2.75) is 13.0 Å². The molecule has 2 rings (SSSR count). The Morgan fingerprint density at radius 3 is 3.05 bits per heavy atom. The Hall–Kier alpha value is -1.50. The number of amides is 1. The van der Waals surface area contributed by atoms with Gasteiger partial charge in [0.2, 0.25) is 0 Å². The zero-order valence-corrected chi connectivity index (χ0v) is 10.8. The van der Waals surface area contributed by atoms with Crippen molar-refractivity contribution in [3.8, 4) is 0 Å². The van der Waals surface area contributed by atoms with Crippen LogP contribution < -0.4 is 16.6 Å². The molecule has 1 saturated heterocycles. The molecule has 1 aliphatic heterocycles. The Labute approximate surface area is 111 Å². The number of hydrogen-bond donors (Lipinski definition) is 3. The van der Waals surface area contributed by atoms with Crippen LogP contribution in [0, 0.1) is 5.82 Å². The van der Waals surface area contributed by atoms with E-state index in [9.17, 15) is 9.18 Å². The van der Waals surface area contributed by atoms with Crippen LogP contribution in [0.2, 0.25) is 0 Å². The molecule has 1 aromatic rings. The summed E-state index contributed by atoms with van der Waals surface area (Å²) in [5.74, 6) is 4.39. The molecular weight excluding hydrogens is 247 g/mol. The molecule has 0 aliphatic carbocycles. The fourth-order valence-corrected chi connectivity index (χ4v) is 2.22. The molecule has 0 spiro atoms. The molecule has 1 aliphatic rings. The van der Waals surface area contributed by atoms with Gasteiger partial charge in [-0.15, -0.1) is 0 Å². The monoisotopic (exact) mass is 266 g/mol. The van der Waals surface area contributed by atoms with E-state index in [1.807, 2.05) is 0 Å². The van der Waals surface area contributed by atoms with Gasteiger partial charge in [0.05, 0.1) is 0 Å². The van der Waals surface area contributed by atoms with Gasteiger partial charge in [-0.05, 0) is 37.7 Å². The molecule has 0 bridgehead atoms. The molecule has 1 fully saturated rings. The summed E-state index contributed by atoms with van der Waals surface area (Å²) in [6.07, 6.45) is 1.05. The lowest BCUT2D eigenvalue weighted by molar-refractivity contribution is 0.0953. The first kappa shape index (κ1) is 13.9. The Morgan fingerprint density at radius 2 is 2.26 bits per heavy atom. The summed E-state index contributed by atoms with van der Waals surface area (Å²) >= 11 is 0. The Kier molecular flexibility index (Phi) is 4.84. The number of nitrogens with two attached hydrogens (primary N) is 1. The van der Waals surface area contributed by atoms with Gasteiger partial charge in [-0.3, -0.25) is 15.1 Å². The predicted molar refractivity (Wildman–Crippen MR) is 70.8 cm³/mol. The Balaban J connectivity index is 2.11. The maximum absolute atomic E-state index is 13.8. The zero-order chi connectivity index (χ0) is 13.7. The summed E-state index contributed by atoms with van der Waals surface area (Å²) in [7, 11) is 0. The number of halogens is 1. The van der Waals surface area contributed by atoms with Crippen LogP contribution in [0.4, 0.5) is 4.39 Å². The van der Waals surface area contributed by atoms with Crippen molar-refractivity contribution in [2.24, 2.45) is 5.84 Å². The van der Waals surface area contributed by atoms with Gasteiger partial charge in [-0.1, -0.05) is 0 Å². The molecular formula is C13H19FN4O. The summed E-state index contributed by atoms with van der Waals surface area (Å²) < 4.78 is 13.8. The maximum atomic E-state index is 13.8. The van der Waals surface area contributed by atoms with Crippen LogP contribution in [-0.4, -0.2) is 37.0 Å². The predicted octanol–water partition coefficient (Wildman–Crippen LogP) is 0.224. The first-order valence-electron chi connectivity index (χ1n) is 6.43. The number of nitrogens with one attached hydrogen (secondary N) is 2. The summed E-state index contributed by atoms with van der Waals surface area (Å²) in [6, 6.07) is 4.32. The summed E-state index contributed by atoms with van der Waals surface area (Å²) in [5.41, 5.74) is 2.97. The van der Waals surface area contributed by atoms with Crippen LogP contribution in [0.25, 0.3) is 0 Å². The van der Waals surface area contributed by atoms with E-state index in [1.165, 1.54) is 12.1 Å². The SMILES string of the molecule is NNC(=O)c1ccc(F)c(CN2CCCNCC2)c1. The smallest absolute Gasteiger partial charge is 0.265 e. The van der Waals surface area contributed by atoms with E-state index in [4.69, 9.17) is 5.84 Å². The first-order chi connectivity index (χ1) is 9.20. The second-order valence-electron chi connectivity index (χ2n) is 4.66. The second kappa shape index (κ2) is 6.60. The van der Waals surface area contributed by atoms with E-state index < -0.39 is 5.91 Å². The summed E-state index contributed by atoms with van der Waals surface area (Å²) in [5, 5.41) is 3.30. The van der Waals surface area contributed by atoms with Gasteiger partial charge in [-0.25, -0.2) is 10.2 Å². The quantitative estimate of drug-likeness (QED) is 0.416. The molecule has 19 heavy (non-hydrogen) atoms. The Bertz CT molecular complexity index is 444. The average molecular weight is 266 g/mol. The summed E-state index contributed by atoms with van der Waals surface area (Å²) in [4.78, 5) is 13.6. The van der Waals surface area contributed by atoms with Crippen molar-refractivity contribution in [1.82, 2.24) is 15.6 Å². The topological polar surface area (TPSA) is 70.4 Å². The third kappa shape index (κ3) is 3.73. The van der Waals surface area contributed by atoms with Crippen molar-refractivity contribution in [1.29, 1.82) is 0 Å². The molecule has 104 valence electrons. The van der Waals surface area contributed by atoms with E-state index in [0.29, 0.717) is 17.7 Å². The molecule has 4 N–H and O–H groups in total. The molecule has 1 heterocycles. The largest absolute Gasteiger partial charge is 0.315 e. The van der Waals surface area contributed by atoms with Gasteiger partial charge < -0.3 is 5.32 Å². The highest BCUT2D eigenvalue weighted by atomic mass is 19.1. The molecule has 0 unspecified atom stereocenters. The first-order valence-corrected chi connectivity index (χ1v) is 6.43. The number of nitrogens with zero attached hydrogens (tertiary/aromatic N) is 1. The van der Waals surface area contributed by atoms with Crippen molar-refractivity contribution >= 4 is 5.91 Å². The van der Waals surface area contributed by atoms with Gasteiger partial charge in [0, 0.05) is 30.8 Å². The fourth-order valence-electron chi connectivity index (χ4n) is 2.22. The van der Waals surface area contributed by atoms with Crippen LogP contribution in [0.5, 0.6) is 0 Å². The van der Waals surface area contributed by atoms with Gasteiger partial charge in [0.1, 0.15) is 5.82 Å². The molecule has 0 aromatic heterocycles. The second-order valence-corrected chi connectivity index (χ2v) is 4.66. The van der Waals surface area contributed by atoms with Crippen molar-refractivity contribution < 1.29 is 9.18 Å². The van der Waals surface area contributed by atoms with Gasteiger partial charge in [-0.2, -0.15) is 0 Å². The Morgan fingerprint density at radius 1 is 1.42 bits per heavy atom. The number of hydrogen-bond acceptors (Lipinski definition) is 4. The minimum absolute atomic E-state index is 0.286. The number of nitrogen functional groups attached to an aromatic ring is 1. The van der Waals surface area contributed by atoms with Gasteiger partial charge in [0.25, 0.3) is 5.91 Å². The lowest BCUT2D eigenvalue weighted by Gasteiger charge is -2.20. The highest BCUT2D eigenvalue weighted by Crippen LogP contribution is 2.14. The van der Waals surface area contributed by atoms with Gasteiger partial charge in [0.15, 0.2) is 0 Å². The fraction of sp³-hybridized carbons (Fsp3) is 0.462. The molecule has 1 amide bonds. The minimum Gasteiger partial charge on any atom is -0.315 e. The highest BCUT2D eigenvalue weighted by Gasteiger charge is 2.13. The number of carbonyl (C=O) groups is 1. The van der Waals surface area contributed by atoms with E-state index >= 15 is 0 Å². The summed E-state index contributed by atoms with van der Waals surface area (Å²) in [6.45, 7) is 4.23. The average Bonchev–Trinajstić information content (AvgIpc) is 2.69. The van der Waals surface area contributed by atoms with Gasteiger partial charge >= 0.3 is 0 Å². The molecule has 1 aromatic carbocycles. The van der Waals surface area contributed by atoms with Crippen molar-refractivity contribution in [3.63, 3.8) is 0 Å². The maximum Gasteiger partial charge on any atom is 0.265 e. The number of hydrazine groups is 1. The highest BCUT2D eigenvalue weighted by molar-refractivity contribution is 5.93. The third-order valence-corrected chi connectivity index (χ3v) is 3.27. The van der Waals surface area contributed by atoms with Crippen molar-refractivity contribution in [3.05, 3.63) is 35.1 Å². The lowest BCUT2D eigenvalue weighted by atomic mass is 10.1.